The predicted molar refractivity (Wildman–Crippen MR) is 119 cm³/mol. The molecular formula is C21H27ClN4O3S. The van der Waals surface area contributed by atoms with Crippen molar-refractivity contribution < 1.29 is 13.2 Å². The fraction of sp³-hybridized carbons (Fsp3) is 0.381. The van der Waals surface area contributed by atoms with E-state index in [0.29, 0.717) is 23.2 Å². The van der Waals surface area contributed by atoms with Gasteiger partial charge in [0, 0.05) is 23.3 Å². The molecule has 1 aliphatic heterocycles. The Kier molecular flexibility index (Phi) is 7.02. The first kappa shape index (κ1) is 22.6. The Labute approximate surface area is 182 Å². The molecule has 0 saturated carbocycles. The van der Waals surface area contributed by atoms with Crippen molar-refractivity contribution in [3.8, 4) is 0 Å². The summed E-state index contributed by atoms with van der Waals surface area (Å²) in [7, 11) is -3.88. The molecule has 1 amide bonds. The molecular weight excluding hydrogens is 424 g/mol. The first-order chi connectivity index (χ1) is 14.2. The molecule has 0 aliphatic carbocycles. The Morgan fingerprint density at radius 2 is 1.70 bits per heavy atom. The minimum absolute atomic E-state index is 0.331. The van der Waals surface area contributed by atoms with Gasteiger partial charge in [0.1, 0.15) is 0 Å². The summed E-state index contributed by atoms with van der Waals surface area (Å²) in [5.74, 6) is -0.701. The highest BCUT2D eigenvalue weighted by molar-refractivity contribution is 7.93. The number of rotatable bonds is 7. The molecule has 1 saturated heterocycles. The zero-order chi connectivity index (χ0) is 21.9. The smallest absolute Gasteiger partial charge is 0.250 e. The standard InChI is InChI=1S/C21H27ClN4O3S/c1-13(2)16-6-4-15(5-7-16)12-23-20(27)19-14(3)24-25-21(19)30(28,29)26-18-10-8-17(22)9-11-18/h4-11,13-14,19,21,24-26H,12H2,1-3H3,(H,23,27). The summed E-state index contributed by atoms with van der Waals surface area (Å²) in [6, 6.07) is 14.0. The highest BCUT2D eigenvalue weighted by atomic mass is 35.5. The van der Waals surface area contributed by atoms with E-state index in [-0.39, 0.29) is 11.9 Å². The van der Waals surface area contributed by atoms with Gasteiger partial charge in [-0.15, -0.1) is 0 Å². The van der Waals surface area contributed by atoms with E-state index in [9.17, 15) is 13.2 Å². The number of amides is 1. The molecule has 0 spiro atoms. The lowest BCUT2D eigenvalue weighted by Gasteiger charge is -2.21. The van der Waals surface area contributed by atoms with Crippen molar-refractivity contribution >= 4 is 33.2 Å². The van der Waals surface area contributed by atoms with E-state index in [1.165, 1.54) is 5.56 Å². The molecule has 1 fully saturated rings. The molecule has 1 heterocycles. The first-order valence-corrected chi connectivity index (χ1v) is 11.7. The number of halogens is 1. The van der Waals surface area contributed by atoms with Crippen molar-refractivity contribution in [2.24, 2.45) is 5.92 Å². The third-order valence-electron chi connectivity index (χ3n) is 5.17. The Morgan fingerprint density at radius 3 is 2.30 bits per heavy atom. The Morgan fingerprint density at radius 1 is 1.07 bits per heavy atom. The number of hydrogen-bond donors (Lipinski definition) is 4. The van der Waals surface area contributed by atoms with Crippen LogP contribution in [0.2, 0.25) is 5.02 Å². The maximum absolute atomic E-state index is 12.9. The molecule has 30 heavy (non-hydrogen) atoms. The van der Waals surface area contributed by atoms with Crippen molar-refractivity contribution in [2.45, 2.75) is 44.6 Å². The van der Waals surface area contributed by atoms with Crippen LogP contribution in [-0.2, 0) is 21.4 Å². The Hall–Kier alpha value is -2.13. The quantitative estimate of drug-likeness (QED) is 0.519. The van der Waals surface area contributed by atoms with Gasteiger partial charge in [0.25, 0.3) is 10.0 Å². The fourth-order valence-electron chi connectivity index (χ4n) is 3.36. The highest BCUT2D eigenvalue weighted by Gasteiger charge is 2.45. The molecule has 2 aromatic carbocycles. The predicted octanol–water partition coefficient (Wildman–Crippen LogP) is 2.96. The lowest BCUT2D eigenvalue weighted by molar-refractivity contribution is -0.125. The Balaban J connectivity index is 1.67. The Bertz CT molecular complexity index is 978. The van der Waals surface area contributed by atoms with Crippen molar-refractivity contribution in [1.82, 2.24) is 16.2 Å². The molecule has 7 nitrogen and oxygen atoms in total. The maximum atomic E-state index is 12.9. The van der Waals surface area contributed by atoms with E-state index < -0.39 is 21.3 Å². The van der Waals surface area contributed by atoms with Gasteiger partial charge in [0.2, 0.25) is 5.91 Å². The average Bonchev–Trinajstić information content (AvgIpc) is 3.10. The van der Waals surface area contributed by atoms with Crippen LogP contribution in [0.1, 0.15) is 37.8 Å². The molecule has 0 bridgehead atoms. The van der Waals surface area contributed by atoms with Gasteiger partial charge in [-0.3, -0.25) is 14.9 Å². The zero-order valence-corrected chi connectivity index (χ0v) is 18.7. The van der Waals surface area contributed by atoms with Gasteiger partial charge >= 0.3 is 0 Å². The van der Waals surface area contributed by atoms with Crippen LogP contribution in [0.4, 0.5) is 5.69 Å². The second kappa shape index (κ2) is 9.34. The normalized spacial score (nSPS) is 21.6. The number of hydrogen-bond acceptors (Lipinski definition) is 5. The van der Waals surface area contributed by atoms with Crippen LogP contribution in [0.25, 0.3) is 0 Å². The summed E-state index contributed by atoms with van der Waals surface area (Å²) in [6.45, 7) is 6.35. The van der Waals surface area contributed by atoms with Crippen LogP contribution in [0, 0.1) is 5.92 Å². The van der Waals surface area contributed by atoms with Crippen LogP contribution < -0.4 is 20.9 Å². The zero-order valence-electron chi connectivity index (χ0n) is 17.1. The summed E-state index contributed by atoms with van der Waals surface area (Å²) >= 11 is 5.85. The number of sulfonamides is 1. The third kappa shape index (κ3) is 5.31. The van der Waals surface area contributed by atoms with Gasteiger partial charge in [0.05, 0.1) is 5.92 Å². The average molecular weight is 451 g/mol. The molecule has 1 aliphatic rings. The number of nitrogens with one attached hydrogen (secondary N) is 4. The maximum Gasteiger partial charge on any atom is 0.250 e. The number of hydrazine groups is 1. The number of benzene rings is 2. The van der Waals surface area contributed by atoms with Crippen LogP contribution in [0.5, 0.6) is 0 Å². The monoisotopic (exact) mass is 450 g/mol. The molecule has 3 unspecified atom stereocenters. The van der Waals surface area contributed by atoms with Gasteiger partial charge in [-0.1, -0.05) is 49.7 Å². The number of carbonyl (C=O) groups is 1. The summed E-state index contributed by atoms with van der Waals surface area (Å²) < 4.78 is 28.3. The van der Waals surface area contributed by atoms with E-state index in [1.807, 2.05) is 24.3 Å². The van der Waals surface area contributed by atoms with Gasteiger partial charge in [0.15, 0.2) is 5.37 Å². The lowest BCUT2D eigenvalue weighted by atomic mass is 10.0. The summed E-state index contributed by atoms with van der Waals surface area (Å²) in [5.41, 5.74) is 8.17. The summed E-state index contributed by atoms with van der Waals surface area (Å²) in [5, 5.41) is 2.25. The SMILES string of the molecule is CC(C)c1ccc(CNC(=O)C2C(C)NNC2S(=O)(=O)Nc2ccc(Cl)cc2)cc1. The molecule has 9 heteroatoms. The van der Waals surface area contributed by atoms with E-state index >= 15 is 0 Å². The molecule has 3 atom stereocenters. The second-order valence-corrected chi connectivity index (χ2v) is 10.0. The fourth-order valence-corrected chi connectivity index (χ4v) is 5.05. The van der Waals surface area contributed by atoms with Crippen molar-refractivity contribution in [3.63, 3.8) is 0 Å². The minimum atomic E-state index is -3.88. The van der Waals surface area contributed by atoms with E-state index in [2.05, 4.69) is 34.7 Å². The van der Waals surface area contributed by atoms with Gasteiger partial charge in [-0.05, 0) is 48.2 Å². The molecule has 2 aromatic rings. The van der Waals surface area contributed by atoms with Crippen LogP contribution in [0.15, 0.2) is 48.5 Å². The van der Waals surface area contributed by atoms with Crippen molar-refractivity contribution in [1.29, 1.82) is 0 Å². The minimum Gasteiger partial charge on any atom is -0.352 e. The lowest BCUT2D eigenvalue weighted by Crippen LogP contribution is -2.47. The van der Waals surface area contributed by atoms with E-state index in [1.54, 1.807) is 31.2 Å². The van der Waals surface area contributed by atoms with Crippen molar-refractivity contribution in [2.75, 3.05) is 4.72 Å². The molecule has 0 radical (unpaired) electrons. The largest absolute Gasteiger partial charge is 0.352 e. The van der Waals surface area contributed by atoms with E-state index in [0.717, 1.165) is 5.56 Å². The molecule has 3 rings (SSSR count). The van der Waals surface area contributed by atoms with Gasteiger partial charge in [-0.25, -0.2) is 13.8 Å². The van der Waals surface area contributed by atoms with Crippen molar-refractivity contribution in [3.05, 3.63) is 64.7 Å². The number of carbonyl (C=O) groups excluding carboxylic acids is 1. The summed E-state index contributed by atoms with van der Waals surface area (Å²) in [6.07, 6.45) is 0. The van der Waals surface area contributed by atoms with Crippen LogP contribution >= 0.6 is 11.6 Å². The van der Waals surface area contributed by atoms with Crippen LogP contribution in [-0.4, -0.2) is 25.7 Å². The second-order valence-electron chi connectivity index (χ2n) is 7.79. The number of anilines is 1. The topological polar surface area (TPSA) is 99.3 Å². The molecule has 162 valence electrons. The van der Waals surface area contributed by atoms with Gasteiger partial charge in [-0.2, -0.15) is 0 Å². The van der Waals surface area contributed by atoms with Crippen LogP contribution in [0.3, 0.4) is 0 Å². The molecule has 0 aromatic heterocycles. The van der Waals surface area contributed by atoms with Gasteiger partial charge < -0.3 is 5.32 Å². The molecule has 4 N–H and O–H groups in total. The highest BCUT2D eigenvalue weighted by Crippen LogP contribution is 2.23. The third-order valence-corrected chi connectivity index (χ3v) is 7.02. The first-order valence-electron chi connectivity index (χ1n) is 9.82. The summed E-state index contributed by atoms with van der Waals surface area (Å²) in [4.78, 5) is 12.9. The van der Waals surface area contributed by atoms with E-state index in [4.69, 9.17) is 11.6 Å².